The monoisotopic (exact) mass is 471 g/mol. The maximum absolute atomic E-state index is 12.7. The predicted molar refractivity (Wildman–Crippen MR) is 137 cm³/mol. The molecule has 3 aromatic rings. The molecule has 0 fully saturated rings. The second-order valence-electron chi connectivity index (χ2n) is 8.45. The molecule has 0 radical (unpaired) electrons. The number of rotatable bonds is 8. The fourth-order valence-corrected chi connectivity index (χ4v) is 3.84. The highest BCUT2D eigenvalue weighted by atomic mass is 16.5. The fraction of sp³-hybridized carbons (Fsp3) is 0.250. The number of nitrogens with zero attached hydrogens (tertiary/aromatic N) is 1. The van der Waals surface area contributed by atoms with E-state index in [1.165, 1.54) is 0 Å². The maximum atomic E-state index is 12.7. The van der Waals surface area contributed by atoms with Crippen molar-refractivity contribution >= 4 is 23.2 Å². The lowest BCUT2D eigenvalue weighted by Crippen LogP contribution is -2.15. The van der Waals surface area contributed by atoms with Crippen molar-refractivity contribution in [1.29, 1.82) is 0 Å². The van der Waals surface area contributed by atoms with Gasteiger partial charge in [0.15, 0.2) is 0 Å². The van der Waals surface area contributed by atoms with Gasteiger partial charge in [-0.3, -0.25) is 4.79 Å². The van der Waals surface area contributed by atoms with Gasteiger partial charge >= 0.3 is 0 Å². The number of aromatic amines is 1. The third-order valence-electron chi connectivity index (χ3n) is 5.63. The first kappa shape index (κ1) is 24.1. The number of carbonyl (C=O) groups is 1. The summed E-state index contributed by atoms with van der Waals surface area (Å²) in [6, 6.07) is 14.6. The van der Waals surface area contributed by atoms with E-state index < -0.39 is 6.10 Å². The highest BCUT2D eigenvalue weighted by Gasteiger charge is 2.27. The van der Waals surface area contributed by atoms with Crippen molar-refractivity contribution in [3.8, 4) is 23.3 Å². The number of carbonyl (C=O) groups excluding carboxylic acids is 1. The Morgan fingerprint density at radius 2 is 1.94 bits per heavy atom. The number of anilines is 1. The van der Waals surface area contributed by atoms with Crippen molar-refractivity contribution in [3.05, 3.63) is 77.1 Å². The van der Waals surface area contributed by atoms with Crippen LogP contribution in [0, 0.1) is 11.8 Å². The molecule has 180 valence electrons. The number of aromatic nitrogens is 1. The molecule has 1 aliphatic rings. The molecule has 3 N–H and O–H groups in total. The molecular formula is C28H29N3O4. The summed E-state index contributed by atoms with van der Waals surface area (Å²) in [6.07, 6.45) is 3.46. The highest BCUT2D eigenvalue weighted by molar-refractivity contribution is 6.35. The van der Waals surface area contributed by atoms with E-state index in [0.29, 0.717) is 46.0 Å². The summed E-state index contributed by atoms with van der Waals surface area (Å²) >= 11 is 0. The normalized spacial score (nSPS) is 14.3. The van der Waals surface area contributed by atoms with E-state index in [2.05, 4.69) is 27.0 Å². The van der Waals surface area contributed by atoms with Gasteiger partial charge < -0.3 is 29.8 Å². The summed E-state index contributed by atoms with van der Waals surface area (Å²) in [5.74, 6) is 7.15. The largest absolute Gasteiger partial charge is 0.495 e. The molecule has 4 rings (SSSR count). The number of aliphatic hydroxyl groups excluding tert-OH is 1. The fourth-order valence-electron chi connectivity index (χ4n) is 3.84. The maximum Gasteiger partial charge on any atom is 0.256 e. The van der Waals surface area contributed by atoms with Gasteiger partial charge in [-0.1, -0.05) is 30.0 Å². The van der Waals surface area contributed by atoms with Gasteiger partial charge in [0.25, 0.3) is 5.91 Å². The Kier molecular flexibility index (Phi) is 7.56. The Labute approximate surface area is 205 Å². The standard InChI is InChI=1S/C28H29N3O4/c1-31(2)16-5-17-35-21-11-8-19(9-12-21)25(32)13-10-20-6-4-7-23-27(20)22(28(33)30-23)18-24-26(34-3)14-15-29-24/h4,6-9,11-12,14-15,18,25,29,32H,5,16-17H2,1-3H3,(H,30,33). The van der Waals surface area contributed by atoms with Crippen molar-refractivity contribution in [3.63, 3.8) is 0 Å². The summed E-state index contributed by atoms with van der Waals surface area (Å²) in [5, 5.41) is 13.5. The van der Waals surface area contributed by atoms with E-state index in [9.17, 15) is 9.90 Å². The number of H-pyrrole nitrogens is 1. The molecular weight excluding hydrogens is 442 g/mol. The number of hydrogen-bond acceptors (Lipinski definition) is 5. The van der Waals surface area contributed by atoms with Gasteiger partial charge in [-0.2, -0.15) is 0 Å². The zero-order chi connectivity index (χ0) is 24.8. The smallest absolute Gasteiger partial charge is 0.256 e. The van der Waals surface area contributed by atoms with Crippen LogP contribution in [0.5, 0.6) is 11.5 Å². The molecule has 0 saturated carbocycles. The molecule has 1 aliphatic heterocycles. The van der Waals surface area contributed by atoms with Gasteiger partial charge in [-0.15, -0.1) is 0 Å². The van der Waals surface area contributed by atoms with Gasteiger partial charge in [0, 0.05) is 23.9 Å². The number of aliphatic hydroxyl groups is 1. The average Bonchev–Trinajstić information content (AvgIpc) is 3.44. The van der Waals surface area contributed by atoms with Crippen molar-refractivity contribution in [1.82, 2.24) is 9.88 Å². The quantitative estimate of drug-likeness (QED) is 0.263. The molecule has 1 aromatic heterocycles. The molecule has 0 spiro atoms. The van der Waals surface area contributed by atoms with E-state index in [0.717, 1.165) is 18.7 Å². The molecule has 0 aliphatic carbocycles. The third kappa shape index (κ3) is 5.75. The molecule has 1 atom stereocenters. The minimum atomic E-state index is -0.977. The van der Waals surface area contributed by atoms with E-state index >= 15 is 0 Å². The molecule has 7 nitrogen and oxygen atoms in total. The van der Waals surface area contributed by atoms with Crippen LogP contribution in [0.1, 0.15) is 34.9 Å². The van der Waals surface area contributed by atoms with Crippen molar-refractivity contribution in [2.45, 2.75) is 12.5 Å². The SMILES string of the molecule is COc1cc[nH]c1C=C1C(=O)Nc2cccc(C#CC(O)c3ccc(OCCCN(C)C)cc3)c21. The Hall–Kier alpha value is -3.99. The zero-order valence-electron chi connectivity index (χ0n) is 20.1. The summed E-state index contributed by atoms with van der Waals surface area (Å²) < 4.78 is 11.1. The number of fused-ring (bicyclic) bond motifs is 1. The number of amides is 1. The molecule has 7 heteroatoms. The topological polar surface area (TPSA) is 86.8 Å². The number of ether oxygens (including phenoxy) is 2. The Bertz CT molecular complexity index is 1280. The molecule has 1 unspecified atom stereocenters. The minimum absolute atomic E-state index is 0.215. The third-order valence-corrected chi connectivity index (χ3v) is 5.63. The first-order chi connectivity index (χ1) is 17.0. The second-order valence-corrected chi connectivity index (χ2v) is 8.45. The van der Waals surface area contributed by atoms with Gasteiger partial charge in [-0.25, -0.2) is 0 Å². The van der Waals surface area contributed by atoms with Crippen LogP contribution >= 0.6 is 0 Å². The first-order valence-corrected chi connectivity index (χ1v) is 11.4. The Balaban J connectivity index is 1.52. The molecule has 0 saturated heterocycles. The van der Waals surface area contributed by atoms with E-state index in [-0.39, 0.29) is 5.91 Å². The van der Waals surface area contributed by atoms with Gasteiger partial charge in [0.1, 0.15) is 17.6 Å². The number of hydrogen-bond donors (Lipinski definition) is 3. The zero-order valence-corrected chi connectivity index (χ0v) is 20.1. The van der Waals surface area contributed by atoms with Crippen LogP contribution in [-0.4, -0.2) is 55.3 Å². The average molecular weight is 472 g/mol. The van der Waals surface area contributed by atoms with Gasteiger partial charge in [0.05, 0.1) is 30.7 Å². The van der Waals surface area contributed by atoms with Crippen LogP contribution in [0.3, 0.4) is 0 Å². The van der Waals surface area contributed by atoms with Crippen molar-refractivity contribution in [2.24, 2.45) is 0 Å². The summed E-state index contributed by atoms with van der Waals surface area (Å²) in [6.45, 7) is 1.60. The predicted octanol–water partition coefficient (Wildman–Crippen LogP) is 3.93. The van der Waals surface area contributed by atoms with Gasteiger partial charge in [0.2, 0.25) is 0 Å². The molecule has 2 aromatic carbocycles. The highest BCUT2D eigenvalue weighted by Crippen LogP contribution is 2.36. The van der Waals surface area contributed by atoms with E-state index in [4.69, 9.17) is 9.47 Å². The lowest BCUT2D eigenvalue weighted by molar-refractivity contribution is -0.110. The number of benzene rings is 2. The van der Waals surface area contributed by atoms with Crippen LogP contribution in [0.4, 0.5) is 5.69 Å². The summed E-state index contributed by atoms with van der Waals surface area (Å²) in [7, 11) is 5.65. The van der Waals surface area contributed by atoms with Gasteiger partial charge in [-0.05, 0) is 62.5 Å². The molecule has 1 amide bonds. The number of nitrogens with one attached hydrogen (secondary N) is 2. The van der Waals surface area contributed by atoms with Crippen LogP contribution in [0.15, 0.2) is 54.7 Å². The summed E-state index contributed by atoms with van der Waals surface area (Å²) in [5.41, 5.74) is 3.89. The summed E-state index contributed by atoms with van der Waals surface area (Å²) in [4.78, 5) is 17.9. The first-order valence-electron chi connectivity index (χ1n) is 11.4. The molecule has 0 bridgehead atoms. The lowest BCUT2D eigenvalue weighted by atomic mass is 9.99. The second kappa shape index (κ2) is 11.0. The van der Waals surface area contributed by atoms with E-state index in [1.54, 1.807) is 25.4 Å². The van der Waals surface area contributed by atoms with Crippen LogP contribution in [0.25, 0.3) is 11.6 Å². The Morgan fingerprint density at radius 3 is 2.69 bits per heavy atom. The van der Waals surface area contributed by atoms with Crippen molar-refractivity contribution < 1.29 is 19.4 Å². The lowest BCUT2D eigenvalue weighted by Gasteiger charge is -2.11. The number of methoxy groups -OCH3 is 1. The van der Waals surface area contributed by atoms with E-state index in [1.807, 2.05) is 56.6 Å². The van der Waals surface area contributed by atoms with Crippen LogP contribution in [0.2, 0.25) is 0 Å². The van der Waals surface area contributed by atoms with Crippen LogP contribution in [-0.2, 0) is 4.79 Å². The van der Waals surface area contributed by atoms with Crippen LogP contribution < -0.4 is 14.8 Å². The molecule has 35 heavy (non-hydrogen) atoms. The van der Waals surface area contributed by atoms with Crippen molar-refractivity contribution in [2.75, 3.05) is 39.7 Å². The minimum Gasteiger partial charge on any atom is -0.495 e. The Morgan fingerprint density at radius 1 is 1.14 bits per heavy atom. The molecule has 2 heterocycles.